The van der Waals surface area contributed by atoms with Gasteiger partial charge in [0.05, 0.1) is 11.6 Å². The first-order chi connectivity index (χ1) is 18.6. The number of imide groups is 1. The van der Waals surface area contributed by atoms with Crippen LogP contribution in [0.1, 0.15) is 23.6 Å². The highest BCUT2D eigenvalue weighted by molar-refractivity contribution is 6.35. The van der Waals surface area contributed by atoms with Gasteiger partial charge in [0.25, 0.3) is 5.91 Å². The Hall–Kier alpha value is -3.72. The number of carbonyl (C=O) groups is 3. The van der Waals surface area contributed by atoms with E-state index in [1.54, 1.807) is 55.5 Å². The van der Waals surface area contributed by atoms with Gasteiger partial charge in [0, 0.05) is 21.3 Å². The summed E-state index contributed by atoms with van der Waals surface area (Å²) in [5.74, 6) is -0.517. The first-order valence-corrected chi connectivity index (χ1v) is 13.0. The Bertz CT molecular complexity index is 1470. The zero-order valence-corrected chi connectivity index (χ0v) is 23.3. The van der Waals surface area contributed by atoms with Crippen LogP contribution >= 0.6 is 34.8 Å². The minimum absolute atomic E-state index is 0.0107. The average Bonchev–Trinajstić information content (AvgIpc) is 3.12. The molecule has 0 atom stereocenters. The third-order valence-electron chi connectivity index (χ3n) is 5.60. The second kappa shape index (κ2) is 12.4. The Morgan fingerprint density at radius 2 is 1.82 bits per heavy atom. The van der Waals surface area contributed by atoms with Crippen LogP contribution in [0.4, 0.5) is 10.5 Å². The van der Waals surface area contributed by atoms with E-state index in [1.807, 2.05) is 13.0 Å². The van der Waals surface area contributed by atoms with Gasteiger partial charge in [-0.3, -0.25) is 9.59 Å². The smallest absolute Gasteiger partial charge is 0.329 e. The van der Waals surface area contributed by atoms with Crippen LogP contribution in [0.25, 0.3) is 6.08 Å². The molecule has 4 rings (SSSR count). The van der Waals surface area contributed by atoms with Crippen molar-refractivity contribution in [3.63, 3.8) is 0 Å². The molecule has 0 saturated carbocycles. The standard InChI is InChI=1S/C28H24Cl3N3O5/c1-3-38-24-12-17(10-22(31)26(24)39-15-18-7-8-19(29)13-21(18)30)11-23-27(36)34(28(37)33-23)14-25(35)32-20-6-4-5-16(2)9-20/h4-13H,3,14-15H2,1-2H3,(H,32,35)(H,33,37)/b23-11+. The van der Waals surface area contributed by atoms with Crippen LogP contribution in [-0.2, 0) is 16.2 Å². The maximum Gasteiger partial charge on any atom is 0.329 e. The lowest BCUT2D eigenvalue weighted by atomic mass is 10.1. The Labute approximate surface area is 240 Å². The number of hydrogen-bond donors (Lipinski definition) is 2. The van der Waals surface area contributed by atoms with E-state index < -0.39 is 24.4 Å². The number of hydrogen-bond acceptors (Lipinski definition) is 5. The van der Waals surface area contributed by atoms with Gasteiger partial charge >= 0.3 is 6.03 Å². The zero-order chi connectivity index (χ0) is 28.1. The molecular weight excluding hydrogens is 565 g/mol. The first-order valence-electron chi connectivity index (χ1n) is 11.9. The number of ether oxygens (including phenoxy) is 2. The summed E-state index contributed by atoms with van der Waals surface area (Å²) < 4.78 is 11.6. The summed E-state index contributed by atoms with van der Waals surface area (Å²) in [5, 5.41) is 6.37. The first kappa shape index (κ1) is 28.3. The summed E-state index contributed by atoms with van der Waals surface area (Å²) >= 11 is 18.7. The maximum absolute atomic E-state index is 12.9. The van der Waals surface area contributed by atoms with Crippen LogP contribution in [0.3, 0.4) is 0 Å². The molecular formula is C28H24Cl3N3O5. The number of nitrogens with one attached hydrogen (secondary N) is 2. The molecule has 0 aromatic heterocycles. The number of carbonyl (C=O) groups excluding carboxylic acids is 3. The molecule has 0 radical (unpaired) electrons. The van der Waals surface area contributed by atoms with E-state index in [0.717, 1.165) is 10.5 Å². The molecule has 0 aliphatic carbocycles. The van der Waals surface area contributed by atoms with E-state index in [-0.39, 0.29) is 17.3 Å². The van der Waals surface area contributed by atoms with E-state index >= 15 is 0 Å². The number of halogens is 3. The summed E-state index contributed by atoms with van der Waals surface area (Å²) in [4.78, 5) is 38.7. The van der Waals surface area contributed by atoms with Gasteiger partial charge in [-0.05, 0) is 67.4 Å². The number of urea groups is 1. The van der Waals surface area contributed by atoms with Crippen LogP contribution in [0.2, 0.25) is 15.1 Å². The SMILES string of the molecule is CCOc1cc(/C=C2/NC(=O)N(CC(=O)Nc3cccc(C)c3)C2=O)cc(Cl)c1OCc1ccc(Cl)cc1Cl. The van der Waals surface area contributed by atoms with Crippen LogP contribution in [0.15, 0.2) is 60.3 Å². The lowest BCUT2D eigenvalue weighted by Crippen LogP contribution is -2.38. The van der Waals surface area contributed by atoms with Crippen molar-refractivity contribution in [2.75, 3.05) is 18.5 Å². The molecule has 1 aliphatic rings. The van der Waals surface area contributed by atoms with E-state index in [9.17, 15) is 14.4 Å². The van der Waals surface area contributed by atoms with Crippen molar-refractivity contribution in [2.45, 2.75) is 20.5 Å². The van der Waals surface area contributed by atoms with E-state index in [1.165, 1.54) is 6.08 Å². The summed E-state index contributed by atoms with van der Waals surface area (Å²) in [6.45, 7) is 3.69. The summed E-state index contributed by atoms with van der Waals surface area (Å²) in [6.07, 6.45) is 1.45. The normalized spacial score (nSPS) is 14.0. The molecule has 0 unspecified atom stereocenters. The van der Waals surface area contributed by atoms with Crippen LogP contribution < -0.4 is 20.1 Å². The lowest BCUT2D eigenvalue weighted by molar-refractivity contribution is -0.127. The number of amides is 4. The van der Waals surface area contributed by atoms with Crippen LogP contribution in [0.5, 0.6) is 11.5 Å². The quantitative estimate of drug-likeness (QED) is 0.221. The molecule has 8 nitrogen and oxygen atoms in total. The number of nitrogens with zero attached hydrogens (tertiary/aromatic N) is 1. The van der Waals surface area contributed by atoms with Gasteiger partial charge in [-0.25, -0.2) is 9.69 Å². The van der Waals surface area contributed by atoms with E-state index in [0.29, 0.717) is 45.0 Å². The second-order valence-electron chi connectivity index (χ2n) is 8.58. The molecule has 11 heteroatoms. The highest BCUT2D eigenvalue weighted by Gasteiger charge is 2.35. The Balaban J connectivity index is 1.50. The predicted octanol–water partition coefficient (Wildman–Crippen LogP) is 6.46. The molecule has 1 fully saturated rings. The van der Waals surface area contributed by atoms with Gasteiger partial charge in [-0.1, -0.05) is 53.0 Å². The number of benzene rings is 3. The monoisotopic (exact) mass is 587 g/mol. The van der Waals surface area contributed by atoms with Crippen LogP contribution in [-0.4, -0.2) is 35.9 Å². The molecule has 2 N–H and O–H groups in total. The fourth-order valence-corrected chi connectivity index (χ4v) is 4.55. The van der Waals surface area contributed by atoms with Crippen molar-refractivity contribution >= 4 is 64.4 Å². The van der Waals surface area contributed by atoms with E-state index in [4.69, 9.17) is 44.3 Å². The molecule has 39 heavy (non-hydrogen) atoms. The molecule has 4 amide bonds. The summed E-state index contributed by atoms with van der Waals surface area (Å²) in [6, 6.07) is 14.8. The highest BCUT2D eigenvalue weighted by Crippen LogP contribution is 2.38. The fraction of sp³-hybridized carbons (Fsp3) is 0.179. The summed E-state index contributed by atoms with van der Waals surface area (Å²) in [5.41, 5.74) is 2.71. The van der Waals surface area contributed by atoms with Gasteiger partial charge in [-0.15, -0.1) is 0 Å². The predicted molar refractivity (Wildman–Crippen MR) is 151 cm³/mol. The number of rotatable bonds is 9. The zero-order valence-electron chi connectivity index (χ0n) is 21.0. The third-order valence-corrected chi connectivity index (χ3v) is 6.46. The average molecular weight is 589 g/mol. The van der Waals surface area contributed by atoms with Gasteiger partial charge < -0.3 is 20.1 Å². The number of anilines is 1. The number of aryl methyl sites for hydroxylation is 1. The molecule has 0 spiro atoms. The molecule has 202 valence electrons. The molecule has 1 saturated heterocycles. The van der Waals surface area contributed by atoms with E-state index in [2.05, 4.69) is 10.6 Å². The Morgan fingerprint density at radius 1 is 1.03 bits per heavy atom. The highest BCUT2D eigenvalue weighted by atomic mass is 35.5. The largest absolute Gasteiger partial charge is 0.490 e. The molecule has 1 heterocycles. The Kier molecular flexibility index (Phi) is 9.01. The molecule has 0 bridgehead atoms. The van der Waals surface area contributed by atoms with Crippen molar-refractivity contribution in [2.24, 2.45) is 0 Å². The molecule has 3 aromatic rings. The van der Waals surface area contributed by atoms with Gasteiger partial charge in [-0.2, -0.15) is 0 Å². The second-order valence-corrected chi connectivity index (χ2v) is 9.84. The topological polar surface area (TPSA) is 97.0 Å². The van der Waals surface area contributed by atoms with Crippen molar-refractivity contribution in [1.82, 2.24) is 10.2 Å². The maximum atomic E-state index is 12.9. The third kappa shape index (κ3) is 7.03. The van der Waals surface area contributed by atoms with Gasteiger partial charge in [0.2, 0.25) is 5.91 Å². The van der Waals surface area contributed by atoms with Crippen molar-refractivity contribution in [3.05, 3.63) is 92.1 Å². The van der Waals surface area contributed by atoms with Crippen LogP contribution in [0, 0.1) is 6.92 Å². The minimum atomic E-state index is -0.707. The lowest BCUT2D eigenvalue weighted by Gasteiger charge is -2.15. The molecule has 3 aromatic carbocycles. The summed E-state index contributed by atoms with van der Waals surface area (Å²) in [7, 11) is 0. The Morgan fingerprint density at radius 3 is 2.54 bits per heavy atom. The molecule has 1 aliphatic heterocycles. The van der Waals surface area contributed by atoms with Crippen molar-refractivity contribution in [3.8, 4) is 11.5 Å². The van der Waals surface area contributed by atoms with Crippen molar-refractivity contribution in [1.29, 1.82) is 0 Å². The van der Waals surface area contributed by atoms with Gasteiger partial charge in [0.1, 0.15) is 18.8 Å². The minimum Gasteiger partial charge on any atom is -0.490 e. The van der Waals surface area contributed by atoms with Crippen molar-refractivity contribution < 1.29 is 23.9 Å². The van der Waals surface area contributed by atoms with Gasteiger partial charge in [0.15, 0.2) is 11.5 Å². The fourth-order valence-electron chi connectivity index (χ4n) is 3.81.